The fourth-order valence-electron chi connectivity index (χ4n) is 7.15. The number of para-hydroxylation sites is 3. The first kappa shape index (κ1) is 27.4. The molecule has 0 aliphatic rings. The molecule has 0 amide bonds. The molecule has 5 nitrogen and oxygen atoms in total. The predicted molar refractivity (Wildman–Crippen MR) is 195 cm³/mol. The zero-order chi connectivity index (χ0) is 32.2. The highest BCUT2D eigenvalue weighted by atomic mass is 15.0. The fourth-order valence-corrected chi connectivity index (χ4v) is 7.15. The minimum Gasteiger partial charge on any atom is -0.319 e. The first-order valence-corrected chi connectivity index (χ1v) is 15.7. The van der Waals surface area contributed by atoms with Crippen molar-refractivity contribution in [2.75, 3.05) is 0 Å². The maximum absolute atomic E-state index is 9.97. The van der Waals surface area contributed by atoms with Crippen molar-refractivity contribution in [1.29, 1.82) is 5.26 Å². The molecule has 9 rings (SSSR count). The van der Waals surface area contributed by atoms with Crippen LogP contribution in [0.15, 0.2) is 152 Å². The lowest BCUT2D eigenvalue weighted by molar-refractivity contribution is 1.18. The van der Waals surface area contributed by atoms with Crippen LogP contribution in [0.3, 0.4) is 0 Å². The van der Waals surface area contributed by atoms with Crippen molar-refractivity contribution in [3.05, 3.63) is 169 Å². The van der Waals surface area contributed by atoms with Crippen LogP contribution in [0.4, 0.5) is 5.69 Å². The lowest BCUT2D eigenvalue weighted by atomic mass is 9.98. The van der Waals surface area contributed by atoms with Crippen molar-refractivity contribution in [1.82, 2.24) is 14.1 Å². The second-order valence-electron chi connectivity index (χ2n) is 11.8. The highest BCUT2D eigenvalue weighted by Crippen LogP contribution is 2.43. The first-order chi connectivity index (χ1) is 23.7. The van der Waals surface area contributed by atoms with Gasteiger partial charge in [0.2, 0.25) is 5.69 Å². The van der Waals surface area contributed by atoms with Gasteiger partial charge in [-0.05, 0) is 59.7 Å². The molecule has 0 saturated heterocycles. The van der Waals surface area contributed by atoms with Gasteiger partial charge in [-0.3, -0.25) is 0 Å². The van der Waals surface area contributed by atoms with E-state index in [4.69, 9.17) is 6.57 Å². The van der Waals surface area contributed by atoms with Gasteiger partial charge in [-0.2, -0.15) is 5.26 Å². The first-order valence-electron chi connectivity index (χ1n) is 15.7. The molecule has 0 aliphatic heterocycles. The number of nitrogens with zero attached hydrogens (tertiary/aromatic N) is 5. The SMILES string of the molecule is [C-]#[N+]c1cc(-c2cc(-c3ccccc3)cnc2C#N)ccc1-n1c2ccccc2c2c1ccc1c3ccccc3n(-c3ccccc3)c12. The molecule has 0 unspecified atom stereocenters. The summed E-state index contributed by atoms with van der Waals surface area (Å²) in [7, 11) is 0. The molecule has 0 radical (unpaired) electrons. The monoisotopic (exact) mass is 611 g/mol. The Morgan fingerprint density at radius 1 is 0.583 bits per heavy atom. The molecule has 3 aromatic heterocycles. The fraction of sp³-hybridized carbons (Fsp3) is 0. The van der Waals surface area contributed by atoms with Crippen molar-refractivity contribution < 1.29 is 0 Å². The van der Waals surface area contributed by atoms with E-state index in [1.807, 2.05) is 66.7 Å². The van der Waals surface area contributed by atoms with E-state index in [0.717, 1.165) is 60.9 Å². The lowest BCUT2D eigenvalue weighted by Gasteiger charge is -2.13. The minimum atomic E-state index is 0.325. The van der Waals surface area contributed by atoms with E-state index in [-0.39, 0.29) is 0 Å². The number of hydrogen-bond donors (Lipinski definition) is 0. The molecule has 5 heteroatoms. The molecule has 0 saturated carbocycles. The second-order valence-corrected chi connectivity index (χ2v) is 11.8. The molecule has 48 heavy (non-hydrogen) atoms. The summed E-state index contributed by atoms with van der Waals surface area (Å²) in [6, 6.07) is 52.0. The zero-order valence-corrected chi connectivity index (χ0v) is 25.7. The molecule has 9 aromatic rings. The number of rotatable bonds is 4. The topological polar surface area (TPSA) is 50.9 Å². The summed E-state index contributed by atoms with van der Waals surface area (Å²) in [6.45, 7) is 8.32. The summed E-state index contributed by atoms with van der Waals surface area (Å²) >= 11 is 0. The van der Waals surface area contributed by atoms with E-state index in [1.54, 1.807) is 6.20 Å². The standard InChI is InChI=1S/C43H25N5/c1-45-36-25-29(35-24-30(27-46-37(35)26-44)28-12-4-2-5-13-28)20-22-40(36)48-39-19-11-9-17-34(39)42-41(48)23-21-33-32-16-8-10-18-38(32)47(43(33)42)31-14-6-3-7-15-31/h2-25,27H. The number of nitriles is 1. The summed E-state index contributed by atoms with van der Waals surface area (Å²) in [6.07, 6.45) is 1.73. The van der Waals surface area contributed by atoms with Crippen LogP contribution in [0.2, 0.25) is 0 Å². The molecule has 0 N–H and O–H groups in total. The third-order valence-corrected chi connectivity index (χ3v) is 9.23. The Kier molecular flexibility index (Phi) is 6.18. The van der Waals surface area contributed by atoms with Gasteiger partial charge in [0.1, 0.15) is 11.8 Å². The predicted octanol–water partition coefficient (Wildman–Crippen LogP) is 11.0. The Balaban J connectivity index is 1.32. The minimum absolute atomic E-state index is 0.325. The average molecular weight is 612 g/mol. The second kappa shape index (κ2) is 10.8. The van der Waals surface area contributed by atoms with E-state index in [9.17, 15) is 5.26 Å². The van der Waals surface area contributed by atoms with Gasteiger partial charge in [0.15, 0.2) is 0 Å². The van der Waals surface area contributed by atoms with Gasteiger partial charge in [0.25, 0.3) is 0 Å². The molecule has 6 aromatic carbocycles. The van der Waals surface area contributed by atoms with Gasteiger partial charge < -0.3 is 9.13 Å². The van der Waals surface area contributed by atoms with Gasteiger partial charge in [-0.25, -0.2) is 9.83 Å². The van der Waals surface area contributed by atoms with Crippen molar-refractivity contribution in [3.8, 4) is 39.7 Å². The molecular formula is C43H25N5. The van der Waals surface area contributed by atoms with E-state index in [0.29, 0.717) is 16.9 Å². The Morgan fingerprint density at radius 3 is 2.02 bits per heavy atom. The summed E-state index contributed by atoms with van der Waals surface area (Å²) in [5, 5.41) is 14.6. The molecule has 0 aliphatic carbocycles. The Morgan fingerprint density at radius 2 is 1.27 bits per heavy atom. The summed E-state index contributed by atoms with van der Waals surface area (Å²) in [5.74, 6) is 0. The number of benzene rings is 6. The van der Waals surface area contributed by atoms with Crippen molar-refractivity contribution in [2.24, 2.45) is 0 Å². The van der Waals surface area contributed by atoms with Crippen LogP contribution in [0.25, 0.3) is 82.1 Å². The maximum atomic E-state index is 9.97. The quantitative estimate of drug-likeness (QED) is 0.186. The molecule has 0 bridgehead atoms. The van der Waals surface area contributed by atoms with Gasteiger partial charge in [0, 0.05) is 44.6 Å². The summed E-state index contributed by atoms with van der Waals surface area (Å²) in [4.78, 5) is 8.54. The summed E-state index contributed by atoms with van der Waals surface area (Å²) < 4.78 is 4.57. The van der Waals surface area contributed by atoms with Crippen LogP contribution in [-0.2, 0) is 0 Å². The van der Waals surface area contributed by atoms with E-state index in [2.05, 4.69) is 104 Å². The van der Waals surface area contributed by atoms with Gasteiger partial charge in [-0.15, -0.1) is 0 Å². The average Bonchev–Trinajstić information content (AvgIpc) is 3.68. The normalized spacial score (nSPS) is 11.3. The van der Waals surface area contributed by atoms with Gasteiger partial charge in [0.05, 0.1) is 34.3 Å². The molecule has 3 heterocycles. The molecule has 0 spiro atoms. The van der Waals surface area contributed by atoms with E-state index >= 15 is 0 Å². The smallest absolute Gasteiger partial charge is 0.211 e. The largest absolute Gasteiger partial charge is 0.319 e. The highest BCUT2D eigenvalue weighted by molar-refractivity contribution is 6.26. The van der Waals surface area contributed by atoms with Crippen molar-refractivity contribution in [2.45, 2.75) is 0 Å². The van der Waals surface area contributed by atoms with Crippen LogP contribution in [0, 0.1) is 17.9 Å². The van der Waals surface area contributed by atoms with Crippen LogP contribution in [0.1, 0.15) is 5.69 Å². The van der Waals surface area contributed by atoms with Crippen molar-refractivity contribution >= 4 is 49.3 Å². The highest BCUT2D eigenvalue weighted by Gasteiger charge is 2.22. The van der Waals surface area contributed by atoms with E-state index in [1.165, 1.54) is 10.8 Å². The van der Waals surface area contributed by atoms with Gasteiger partial charge in [-0.1, -0.05) is 97.1 Å². The van der Waals surface area contributed by atoms with Crippen LogP contribution < -0.4 is 0 Å². The number of pyridine rings is 1. The maximum Gasteiger partial charge on any atom is 0.211 e. The third kappa shape index (κ3) is 4.06. The number of aromatic nitrogens is 3. The lowest BCUT2D eigenvalue weighted by Crippen LogP contribution is -1.96. The van der Waals surface area contributed by atoms with Crippen LogP contribution in [0.5, 0.6) is 0 Å². The molecular weight excluding hydrogens is 587 g/mol. The Labute approximate surface area is 276 Å². The van der Waals surface area contributed by atoms with Crippen LogP contribution >= 0.6 is 0 Å². The zero-order valence-electron chi connectivity index (χ0n) is 25.7. The molecule has 0 fully saturated rings. The Bertz CT molecular complexity index is 2790. The molecule has 0 atom stereocenters. The number of hydrogen-bond acceptors (Lipinski definition) is 2. The van der Waals surface area contributed by atoms with E-state index < -0.39 is 0 Å². The summed E-state index contributed by atoms with van der Waals surface area (Å²) in [5.41, 5.74) is 10.4. The molecule has 222 valence electrons. The third-order valence-electron chi connectivity index (χ3n) is 9.23. The Hall–Kier alpha value is -6.95. The van der Waals surface area contributed by atoms with Gasteiger partial charge >= 0.3 is 0 Å². The van der Waals surface area contributed by atoms with Crippen molar-refractivity contribution in [3.63, 3.8) is 0 Å². The van der Waals surface area contributed by atoms with Crippen LogP contribution in [-0.4, -0.2) is 14.1 Å². The number of fused-ring (bicyclic) bond motifs is 7.